The standard InChI is InChI=1S/C22H25NO2.ClH/c1-23-18-12-13-19(23)15-20(14-18)25-22(24)21(16-8-4-2-5-9-16)17-10-6-3-7-11-17;/h2-11,18-21H,12-15H2,1H3;1H. The summed E-state index contributed by atoms with van der Waals surface area (Å²) in [6.45, 7) is 0. The molecule has 2 aliphatic rings. The summed E-state index contributed by atoms with van der Waals surface area (Å²) in [6, 6.07) is 21.3. The van der Waals surface area contributed by atoms with E-state index in [2.05, 4.69) is 7.05 Å². The Hall–Kier alpha value is -1.84. The first-order valence-electron chi connectivity index (χ1n) is 9.36. The summed E-state index contributed by atoms with van der Waals surface area (Å²) in [5.41, 5.74) is 2.00. The Morgan fingerprint density at radius 2 is 1.38 bits per heavy atom. The topological polar surface area (TPSA) is 30.7 Å². The molecule has 2 aromatic rings. The van der Waals surface area contributed by atoms with Crippen LogP contribution in [-0.4, -0.2) is 31.2 Å². The third-order valence-electron chi connectivity index (χ3n) is 6.03. The molecule has 0 saturated carbocycles. The van der Waals surface area contributed by atoms with Crippen LogP contribution in [-0.2, 0) is 9.53 Å². The maximum absolute atomic E-state index is 13.1. The molecule has 4 rings (SSSR count). The second-order valence-electron chi connectivity index (χ2n) is 7.50. The van der Waals surface area contributed by atoms with Gasteiger partial charge in [-0.3, -0.25) is 4.79 Å². The summed E-state index contributed by atoms with van der Waals surface area (Å²) in [6.07, 6.45) is 4.62. The number of esters is 1. The Kier molecular flexibility index (Phi) is 6.00. The van der Waals surface area contributed by atoms with Crippen molar-refractivity contribution in [2.24, 2.45) is 0 Å². The minimum Gasteiger partial charge on any atom is -1.00 e. The monoisotopic (exact) mass is 371 g/mol. The number of benzene rings is 2. The van der Waals surface area contributed by atoms with Crippen molar-refractivity contribution in [2.75, 3.05) is 7.05 Å². The highest BCUT2D eigenvalue weighted by Crippen LogP contribution is 2.30. The van der Waals surface area contributed by atoms with Crippen LogP contribution >= 0.6 is 0 Å². The first kappa shape index (κ1) is 18.9. The van der Waals surface area contributed by atoms with Gasteiger partial charge in [0.1, 0.15) is 12.0 Å². The zero-order valence-corrected chi connectivity index (χ0v) is 15.9. The molecular formula is C22H26ClNO2. The minimum atomic E-state index is -0.341. The van der Waals surface area contributed by atoms with Gasteiger partial charge in [0.2, 0.25) is 0 Å². The molecule has 3 nitrogen and oxygen atoms in total. The van der Waals surface area contributed by atoms with Crippen molar-refractivity contribution in [1.82, 2.24) is 0 Å². The zero-order chi connectivity index (χ0) is 17.2. The molecule has 2 fully saturated rings. The van der Waals surface area contributed by atoms with Crippen molar-refractivity contribution >= 4 is 5.97 Å². The number of rotatable bonds is 4. The molecular weight excluding hydrogens is 346 g/mol. The maximum Gasteiger partial charge on any atom is 0.318 e. The molecule has 2 aromatic carbocycles. The predicted octanol–water partition coefficient (Wildman–Crippen LogP) is -0.426. The Morgan fingerprint density at radius 1 is 0.923 bits per heavy atom. The molecule has 4 heteroatoms. The minimum absolute atomic E-state index is 0. The van der Waals surface area contributed by atoms with Crippen LogP contribution in [0.4, 0.5) is 0 Å². The molecule has 0 aromatic heterocycles. The van der Waals surface area contributed by atoms with E-state index in [0.717, 1.165) is 24.0 Å². The van der Waals surface area contributed by atoms with E-state index < -0.39 is 0 Å². The highest BCUT2D eigenvalue weighted by molar-refractivity contribution is 5.82. The molecule has 2 aliphatic heterocycles. The highest BCUT2D eigenvalue weighted by atomic mass is 35.5. The third-order valence-corrected chi connectivity index (χ3v) is 6.03. The summed E-state index contributed by atoms with van der Waals surface area (Å²) in [5.74, 6) is -0.451. The fraction of sp³-hybridized carbons (Fsp3) is 0.409. The summed E-state index contributed by atoms with van der Waals surface area (Å²) in [4.78, 5) is 14.7. The van der Waals surface area contributed by atoms with Crippen LogP contribution in [0.15, 0.2) is 60.7 Å². The fourth-order valence-electron chi connectivity index (χ4n) is 4.61. The van der Waals surface area contributed by atoms with Gasteiger partial charge in [-0.1, -0.05) is 60.7 Å². The van der Waals surface area contributed by atoms with Crippen LogP contribution in [0.25, 0.3) is 0 Å². The number of quaternary nitrogens is 1. The molecule has 2 atom stereocenters. The zero-order valence-electron chi connectivity index (χ0n) is 15.1. The second kappa shape index (κ2) is 8.24. The quantitative estimate of drug-likeness (QED) is 0.740. The number of fused-ring (bicyclic) bond motifs is 2. The molecule has 2 heterocycles. The lowest BCUT2D eigenvalue weighted by molar-refractivity contribution is -0.923. The molecule has 0 amide bonds. The molecule has 0 radical (unpaired) electrons. The van der Waals surface area contributed by atoms with Gasteiger partial charge < -0.3 is 22.0 Å². The normalized spacial score (nSPS) is 27.0. The van der Waals surface area contributed by atoms with Crippen molar-refractivity contribution in [3.8, 4) is 0 Å². The molecule has 26 heavy (non-hydrogen) atoms. The van der Waals surface area contributed by atoms with Gasteiger partial charge in [-0.2, -0.15) is 0 Å². The van der Waals surface area contributed by atoms with Gasteiger partial charge in [-0.15, -0.1) is 0 Å². The lowest BCUT2D eigenvalue weighted by Gasteiger charge is -2.33. The van der Waals surface area contributed by atoms with Gasteiger partial charge in [0.15, 0.2) is 0 Å². The van der Waals surface area contributed by atoms with Gasteiger partial charge in [-0.25, -0.2) is 0 Å². The number of nitrogens with one attached hydrogen (secondary N) is 1. The van der Waals surface area contributed by atoms with E-state index in [-0.39, 0.29) is 30.4 Å². The Morgan fingerprint density at radius 3 is 1.85 bits per heavy atom. The van der Waals surface area contributed by atoms with Crippen molar-refractivity contribution in [2.45, 2.75) is 49.8 Å². The van der Waals surface area contributed by atoms with Crippen molar-refractivity contribution < 1.29 is 26.8 Å². The van der Waals surface area contributed by atoms with E-state index >= 15 is 0 Å². The van der Waals surface area contributed by atoms with Gasteiger partial charge >= 0.3 is 5.97 Å². The predicted molar refractivity (Wildman–Crippen MR) is 97.5 cm³/mol. The number of halogens is 1. The average molecular weight is 372 g/mol. The molecule has 138 valence electrons. The smallest absolute Gasteiger partial charge is 0.318 e. The largest absolute Gasteiger partial charge is 1.00 e. The van der Waals surface area contributed by atoms with Crippen LogP contribution in [0, 0.1) is 0 Å². The van der Waals surface area contributed by atoms with Crippen molar-refractivity contribution in [3.05, 3.63) is 71.8 Å². The summed E-state index contributed by atoms with van der Waals surface area (Å²) >= 11 is 0. The van der Waals surface area contributed by atoms with E-state index in [9.17, 15) is 4.79 Å². The Bertz CT molecular complexity index is 668. The van der Waals surface area contributed by atoms with Crippen LogP contribution < -0.4 is 17.3 Å². The lowest BCUT2D eigenvalue weighted by atomic mass is 9.91. The number of carbonyl (C=O) groups excluding carboxylic acids is 1. The number of hydrogen-bond acceptors (Lipinski definition) is 2. The molecule has 1 N–H and O–H groups in total. The number of carbonyl (C=O) groups is 1. The van der Waals surface area contributed by atoms with Gasteiger partial charge in [0.05, 0.1) is 19.1 Å². The van der Waals surface area contributed by atoms with Crippen LogP contribution in [0.1, 0.15) is 42.7 Å². The van der Waals surface area contributed by atoms with Gasteiger partial charge in [0, 0.05) is 25.7 Å². The second-order valence-corrected chi connectivity index (χ2v) is 7.50. The molecule has 2 unspecified atom stereocenters. The highest BCUT2D eigenvalue weighted by Gasteiger charge is 2.44. The van der Waals surface area contributed by atoms with Crippen LogP contribution in [0.3, 0.4) is 0 Å². The van der Waals surface area contributed by atoms with E-state index in [1.807, 2.05) is 60.7 Å². The molecule has 0 aliphatic carbocycles. The van der Waals surface area contributed by atoms with Crippen molar-refractivity contribution in [3.63, 3.8) is 0 Å². The van der Waals surface area contributed by atoms with Crippen molar-refractivity contribution in [1.29, 1.82) is 0 Å². The first-order valence-corrected chi connectivity index (χ1v) is 9.36. The summed E-state index contributed by atoms with van der Waals surface area (Å²) in [7, 11) is 2.29. The third kappa shape index (κ3) is 3.79. The SMILES string of the molecule is C[NH+]1C2CCC1CC(OC(=O)C(c1ccccc1)c1ccccc1)C2.[Cl-]. The van der Waals surface area contributed by atoms with E-state index in [0.29, 0.717) is 12.1 Å². The first-order chi connectivity index (χ1) is 12.2. The maximum atomic E-state index is 13.1. The van der Waals surface area contributed by atoms with Crippen LogP contribution in [0.2, 0.25) is 0 Å². The van der Waals surface area contributed by atoms with E-state index in [1.165, 1.54) is 12.8 Å². The fourth-order valence-corrected chi connectivity index (χ4v) is 4.61. The average Bonchev–Trinajstić information content (AvgIpc) is 2.84. The summed E-state index contributed by atoms with van der Waals surface area (Å²) in [5, 5.41) is 0. The van der Waals surface area contributed by atoms with Gasteiger partial charge in [0.25, 0.3) is 0 Å². The van der Waals surface area contributed by atoms with E-state index in [1.54, 1.807) is 4.90 Å². The number of ether oxygens (including phenoxy) is 1. The Labute approximate surface area is 161 Å². The number of hydrogen-bond donors (Lipinski definition) is 1. The molecule has 0 spiro atoms. The number of piperidine rings is 1. The Balaban J connectivity index is 0.00000196. The van der Waals surface area contributed by atoms with Crippen LogP contribution in [0.5, 0.6) is 0 Å². The van der Waals surface area contributed by atoms with E-state index in [4.69, 9.17) is 4.74 Å². The molecule has 2 saturated heterocycles. The lowest BCUT2D eigenvalue weighted by Crippen LogP contribution is -3.15. The van der Waals surface area contributed by atoms with Gasteiger partial charge in [-0.05, 0) is 11.1 Å². The molecule has 2 bridgehead atoms. The summed E-state index contributed by atoms with van der Waals surface area (Å²) < 4.78 is 6.04.